The van der Waals surface area contributed by atoms with Gasteiger partial charge in [0.15, 0.2) is 0 Å². The van der Waals surface area contributed by atoms with Crippen LogP contribution in [0, 0.1) is 0 Å². The molecule has 5 nitrogen and oxygen atoms in total. The van der Waals surface area contributed by atoms with Gasteiger partial charge in [-0.1, -0.05) is 0 Å². The van der Waals surface area contributed by atoms with E-state index in [4.69, 9.17) is 0 Å². The lowest BCUT2D eigenvalue weighted by Gasteiger charge is -2.09. The van der Waals surface area contributed by atoms with Crippen molar-refractivity contribution < 1.29 is 4.79 Å². The molecule has 1 amide bonds. The SMILES string of the molecule is CN(C)CCCNC(=O)CCc1cnc[nH]1. The number of nitrogens with zero attached hydrogens (tertiary/aromatic N) is 2. The third-order valence-electron chi connectivity index (χ3n) is 2.28. The van der Waals surface area contributed by atoms with Crippen molar-refractivity contribution in [3.63, 3.8) is 0 Å². The molecular weight excluding hydrogens is 204 g/mol. The number of imidazole rings is 1. The number of amides is 1. The summed E-state index contributed by atoms with van der Waals surface area (Å²) in [4.78, 5) is 20.4. The Hall–Kier alpha value is -1.36. The Morgan fingerprint density at radius 2 is 2.38 bits per heavy atom. The van der Waals surface area contributed by atoms with Crippen LogP contribution in [0.15, 0.2) is 12.5 Å². The van der Waals surface area contributed by atoms with E-state index in [2.05, 4.69) is 20.2 Å². The summed E-state index contributed by atoms with van der Waals surface area (Å²) in [6.07, 6.45) is 5.61. The number of aryl methyl sites for hydroxylation is 1. The molecular formula is C11H20N4O. The van der Waals surface area contributed by atoms with E-state index in [0.29, 0.717) is 6.42 Å². The highest BCUT2D eigenvalue weighted by Crippen LogP contribution is 1.96. The van der Waals surface area contributed by atoms with Gasteiger partial charge in [-0.15, -0.1) is 0 Å². The van der Waals surface area contributed by atoms with Crippen molar-refractivity contribution in [1.82, 2.24) is 20.2 Å². The minimum Gasteiger partial charge on any atom is -0.356 e. The second kappa shape index (κ2) is 7.00. The highest BCUT2D eigenvalue weighted by molar-refractivity contribution is 5.76. The van der Waals surface area contributed by atoms with E-state index in [-0.39, 0.29) is 5.91 Å². The van der Waals surface area contributed by atoms with Crippen LogP contribution in [0.25, 0.3) is 0 Å². The smallest absolute Gasteiger partial charge is 0.220 e. The molecule has 1 rings (SSSR count). The number of carbonyl (C=O) groups is 1. The van der Waals surface area contributed by atoms with Crippen LogP contribution in [-0.2, 0) is 11.2 Å². The van der Waals surface area contributed by atoms with Crippen molar-refractivity contribution >= 4 is 5.91 Å². The lowest BCUT2D eigenvalue weighted by molar-refractivity contribution is -0.121. The molecule has 0 aromatic carbocycles. The molecule has 2 N–H and O–H groups in total. The summed E-state index contributed by atoms with van der Waals surface area (Å²) in [5.41, 5.74) is 1.00. The third-order valence-corrected chi connectivity index (χ3v) is 2.28. The molecule has 0 spiro atoms. The molecule has 0 unspecified atom stereocenters. The van der Waals surface area contributed by atoms with Crippen LogP contribution >= 0.6 is 0 Å². The molecule has 5 heteroatoms. The van der Waals surface area contributed by atoms with Gasteiger partial charge in [0.25, 0.3) is 0 Å². The Morgan fingerprint density at radius 1 is 1.56 bits per heavy atom. The van der Waals surface area contributed by atoms with Crippen molar-refractivity contribution in [1.29, 1.82) is 0 Å². The van der Waals surface area contributed by atoms with Crippen LogP contribution in [0.5, 0.6) is 0 Å². The molecule has 0 saturated heterocycles. The molecule has 0 atom stereocenters. The number of nitrogens with one attached hydrogen (secondary N) is 2. The van der Waals surface area contributed by atoms with E-state index in [0.717, 1.165) is 31.6 Å². The Bertz CT molecular complexity index is 295. The van der Waals surface area contributed by atoms with E-state index in [1.165, 1.54) is 0 Å². The average Bonchev–Trinajstić information content (AvgIpc) is 2.74. The molecule has 0 saturated carbocycles. The molecule has 1 heterocycles. The normalized spacial score (nSPS) is 10.7. The summed E-state index contributed by atoms with van der Waals surface area (Å²) in [5.74, 6) is 0.105. The van der Waals surface area contributed by atoms with E-state index in [9.17, 15) is 4.79 Å². The number of hydrogen-bond donors (Lipinski definition) is 2. The van der Waals surface area contributed by atoms with Gasteiger partial charge in [0.1, 0.15) is 0 Å². The minimum atomic E-state index is 0.105. The summed E-state index contributed by atoms with van der Waals surface area (Å²) in [6.45, 7) is 1.75. The number of rotatable bonds is 7. The summed E-state index contributed by atoms with van der Waals surface area (Å²) in [5, 5.41) is 2.90. The van der Waals surface area contributed by atoms with Gasteiger partial charge in [-0.2, -0.15) is 0 Å². The van der Waals surface area contributed by atoms with Crippen LogP contribution < -0.4 is 5.32 Å². The lowest BCUT2D eigenvalue weighted by atomic mass is 10.2. The van der Waals surface area contributed by atoms with Gasteiger partial charge < -0.3 is 15.2 Å². The lowest BCUT2D eigenvalue weighted by Crippen LogP contribution is -2.27. The van der Waals surface area contributed by atoms with Gasteiger partial charge in [0.2, 0.25) is 5.91 Å². The molecule has 0 aliphatic heterocycles. The van der Waals surface area contributed by atoms with Gasteiger partial charge in [0.05, 0.1) is 6.33 Å². The highest BCUT2D eigenvalue weighted by Gasteiger charge is 2.02. The molecule has 1 aromatic rings. The monoisotopic (exact) mass is 224 g/mol. The van der Waals surface area contributed by atoms with E-state index in [1.54, 1.807) is 12.5 Å². The molecule has 1 aromatic heterocycles. The van der Waals surface area contributed by atoms with Gasteiger partial charge >= 0.3 is 0 Å². The Labute approximate surface area is 96.3 Å². The molecule has 0 radical (unpaired) electrons. The number of aromatic amines is 1. The molecule has 16 heavy (non-hydrogen) atoms. The average molecular weight is 224 g/mol. The number of H-pyrrole nitrogens is 1. The maximum absolute atomic E-state index is 11.4. The second-order valence-electron chi connectivity index (χ2n) is 4.08. The van der Waals surface area contributed by atoms with Crippen molar-refractivity contribution in [3.05, 3.63) is 18.2 Å². The van der Waals surface area contributed by atoms with E-state index in [1.807, 2.05) is 14.1 Å². The summed E-state index contributed by atoms with van der Waals surface area (Å²) in [7, 11) is 4.06. The number of aromatic nitrogens is 2. The van der Waals surface area contributed by atoms with Gasteiger partial charge in [-0.05, 0) is 33.5 Å². The van der Waals surface area contributed by atoms with Crippen molar-refractivity contribution in [2.75, 3.05) is 27.2 Å². The van der Waals surface area contributed by atoms with Crippen molar-refractivity contribution in [3.8, 4) is 0 Å². The van der Waals surface area contributed by atoms with Crippen molar-refractivity contribution in [2.24, 2.45) is 0 Å². The van der Waals surface area contributed by atoms with Gasteiger partial charge in [-0.3, -0.25) is 4.79 Å². The molecule has 90 valence electrons. The first-order valence-electron chi connectivity index (χ1n) is 5.57. The van der Waals surface area contributed by atoms with Crippen LogP contribution in [0.4, 0.5) is 0 Å². The fraction of sp³-hybridized carbons (Fsp3) is 0.636. The zero-order valence-electron chi connectivity index (χ0n) is 9.99. The topological polar surface area (TPSA) is 61.0 Å². The predicted molar refractivity (Wildman–Crippen MR) is 63.1 cm³/mol. The van der Waals surface area contributed by atoms with Gasteiger partial charge in [-0.25, -0.2) is 4.98 Å². The zero-order valence-corrected chi connectivity index (χ0v) is 9.99. The first-order chi connectivity index (χ1) is 7.68. The summed E-state index contributed by atoms with van der Waals surface area (Å²) in [6, 6.07) is 0. The standard InChI is InChI=1S/C11H20N4O/c1-15(2)7-3-6-13-11(16)5-4-10-8-12-9-14-10/h8-9H,3-7H2,1-2H3,(H,12,14)(H,13,16). The number of hydrogen-bond acceptors (Lipinski definition) is 3. The maximum atomic E-state index is 11.4. The fourth-order valence-electron chi connectivity index (χ4n) is 1.38. The molecule has 0 aliphatic rings. The highest BCUT2D eigenvalue weighted by atomic mass is 16.1. The predicted octanol–water partition coefficient (Wildman–Crippen LogP) is 0.410. The molecule has 0 aliphatic carbocycles. The second-order valence-corrected chi connectivity index (χ2v) is 4.08. The summed E-state index contributed by atoms with van der Waals surface area (Å²) >= 11 is 0. The van der Waals surface area contributed by atoms with Crippen LogP contribution in [0.3, 0.4) is 0 Å². The summed E-state index contributed by atoms with van der Waals surface area (Å²) < 4.78 is 0. The minimum absolute atomic E-state index is 0.105. The Balaban J connectivity index is 2.03. The first kappa shape index (κ1) is 12.7. The van der Waals surface area contributed by atoms with E-state index < -0.39 is 0 Å². The third kappa shape index (κ3) is 5.50. The maximum Gasteiger partial charge on any atom is 0.220 e. The zero-order chi connectivity index (χ0) is 11.8. The first-order valence-corrected chi connectivity index (χ1v) is 5.57. The number of carbonyl (C=O) groups excluding carboxylic acids is 1. The Morgan fingerprint density at radius 3 is 3.00 bits per heavy atom. The quantitative estimate of drug-likeness (QED) is 0.659. The molecule has 0 fully saturated rings. The van der Waals surface area contributed by atoms with Gasteiger partial charge in [0, 0.05) is 24.9 Å². The molecule has 0 bridgehead atoms. The van der Waals surface area contributed by atoms with Crippen molar-refractivity contribution in [2.45, 2.75) is 19.3 Å². The fourth-order valence-corrected chi connectivity index (χ4v) is 1.38. The van der Waals surface area contributed by atoms with Crippen LogP contribution in [0.2, 0.25) is 0 Å². The Kier molecular flexibility index (Phi) is 5.56. The van der Waals surface area contributed by atoms with Crippen LogP contribution in [-0.4, -0.2) is 48.0 Å². The largest absolute Gasteiger partial charge is 0.356 e. The van der Waals surface area contributed by atoms with E-state index >= 15 is 0 Å². The van der Waals surface area contributed by atoms with Crippen LogP contribution in [0.1, 0.15) is 18.5 Å².